The van der Waals surface area contributed by atoms with Gasteiger partial charge in [0.1, 0.15) is 0 Å². The summed E-state index contributed by atoms with van der Waals surface area (Å²) in [5.74, 6) is -0.262. The van der Waals surface area contributed by atoms with Gasteiger partial charge >= 0.3 is 0 Å². The van der Waals surface area contributed by atoms with Crippen molar-refractivity contribution in [2.75, 3.05) is 11.6 Å². The van der Waals surface area contributed by atoms with Crippen molar-refractivity contribution in [3.8, 4) is 0 Å². The second kappa shape index (κ2) is 5.69. The van der Waals surface area contributed by atoms with Crippen LogP contribution >= 0.6 is 0 Å². The van der Waals surface area contributed by atoms with Crippen LogP contribution in [0.25, 0.3) is 0 Å². The third kappa shape index (κ3) is 3.70. The van der Waals surface area contributed by atoms with Gasteiger partial charge in [0, 0.05) is 17.5 Å². The standard InChI is InChI=1S/C16H17NO3S/c1-11-4-9-15(12(2)10-11)17-16(18)13-5-7-14(8-6-13)21(3,19)20/h4-10H,1-3H3,(H,17,18). The highest BCUT2D eigenvalue weighted by molar-refractivity contribution is 7.90. The molecule has 1 N–H and O–H groups in total. The van der Waals surface area contributed by atoms with Crippen LogP contribution in [0.5, 0.6) is 0 Å². The molecule has 0 aliphatic rings. The van der Waals surface area contributed by atoms with E-state index >= 15 is 0 Å². The second-order valence-electron chi connectivity index (χ2n) is 5.07. The van der Waals surface area contributed by atoms with Gasteiger partial charge in [0.05, 0.1) is 4.90 Å². The Morgan fingerprint density at radius 1 is 1.00 bits per heavy atom. The molecule has 0 aliphatic heterocycles. The van der Waals surface area contributed by atoms with Crippen LogP contribution in [0, 0.1) is 13.8 Å². The Hall–Kier alpha value is -2.14. The largest absolute Gasteiger partial charge is 0.322 e. The minimum atomic E-state index is -3.25. The lowest BCUT2D eigenvalue weighted by Gasteiger charge is -2.09. The van der Waals surface area contributed by atoms with Crippen LogP contribution in [0.1, 0.15) is 21.5 Å². The molecule has 1 amide bonds. The smallest absolute Gasteiger partial charge is 0.255 e. The Balaban J connectivity index is 2.21. The van der Waals surface area contributed by atoms with E-state index in [1.165, 1.54) is 24.3 Å². The minimum absolute atomic E-state index is 0.200. The molecule has 0 fully saturated rings. The number of carbonyl (C=O) groups excluding carboxylic acids is 1. The normalized spacial score (nSPS) is 11.2. The van der Waals surface area contributed by atoms with Crippen molar-refractivity contribution >= 4 is 21.4 Å². The number of rotatable bonds is 3. The van der Waals surface area contributed by atoms with Crippen molar-refractivity contribution in [2.45, 2.75) is 18.7 Å². The number of sulfone groups is 1. The van der Waals surface area contributed by atoms with Crippen molar-refractivity contribution < 1.29 is 13.2 Å². The van der Waals surface area contributed by atoms with Crippen LogP contribution < -0.4 is 5.32 Å². The second-order valence-corrected chi connectivity index (χ2v) is 7.08. The maximum absolute atomic E-state index is 12.2. The summed E-state index contributed by atoms with van der Waals surface area (Å²) in [6, 6.07) is 11.7. The van der Waals surface area contributed by atoms with Gasteiger partial charge < -0.3 is 5.32 Å². The molecule has 0 bridgehead atoms. The zero-order valence-electron chi connectivity index (χ0n) is 12.2. The molecule has 0 heterocycles. The molecule has 2 aromatic carbocycles. The van der Waals surface area contributed by atoms with Gasteiger partial charge in [-0.25, -0.2) is 8.42 Å². The first-order chi connectivity index (χ1) is 9.77. The molecular weight excluding hydrogens is 286 g/mol. The van der Waals surface area contributed by atoms with Gasteiger partial charge in [0.2, 0.25) is 0 Å². The number of hydrogen-bond acceptors (Lipinski definition) is 3. The summed E-state index contributed by atoms with van der Waals surface area (Å²) in [6.07, 6.45) is 1.14. The maximum atomic E-state index is 12.2. The third-order valence-electron chi connectivity index (χ3n) is 3.17. The summed E-state index contributed by atoms with van der Waals surface area (Å²) in [4.78, 5) is 12.4. The Bertz CT molecular complexity index is 778. The number of aryl methyl sites for hydroxylation is 2. The summed E-state index contributed by atoms with van der Waals surface area (Å²) >= 11 is 0. The Labute approximate surface area is 124 Å². The molecule has 0 spiro atoms. The summed E-state index contributed by atoms with van der Waals surface area (Å²) in [7, 11) is -3.25. The van der Waals surface area contributed by atoms with Crippen LogP contribution in [-0.4, -0.2) is 20.6 Å². The lowest BCUT2D eigenvalue weighted by atomic mass is 10.1. The van der Waals surface area contributed by atoms with E-state index in [0.717, 1.165) is 23.1 Å². The van der Waals surface area contributed by atoms with Crippen LogP contribution in [0.2, 0.25) is 0 Å². The van der Waals surface area contributed by atoms with Gasteiger partial charge in [-0.3, -0.25) is 4.79 Å². The molecule has 0 saturated heterocycles. The molecule has 0 aromatic heterocycles. The fourth-order valence-corrected chi connectivity index (χ4v) is 2.63. The van der Waals surface area contributed by atoms with Gasteiger partial charge in [-0.15, -0.1) is 0 Å². The van der Waals surface area contributed by atoms with Gasteiger partial charge in [0.25, 0.3) is 5.91 Å². The Kier molecular flexibility index (Phi) is 4.14. The average Bonchev–Trinajstić information content (AvgIpc) is 2.41. The molecule has 0 unspecified atom stereocenters. The Morgan fingerprint density at radius 2 is 1.62 bits per heavy atom. The van der Waals surface area contributed by atoms with E-state index in [9.17, 15) is 13.2 Å². The Morgan fingerprint density at radius 3 is 2.14 bits per heavy atom. The first kappa shape index (κ1) is 15.3. The maximum Gasteiger partial charge on any atom is 0.255 e. The average molecular weight is 303 g/mol. The van der Waals surface area contributed by atoms with Gasteiger partial charge in [-0.1, -0.05) is 17.7 Å². The highest BCUT2D eigenvalue weighted by Gasteiger charge is 2.11. The molecule has 0 atom stereocenters. The first-order valence-electron chi connectivity index (χ1n) is 6.46. The minimum Gasteiger partial charge on any atom is -0.322 e. The van der Waals surface area contributed by atoms with E-state index in [1.807, 2.05) is 32.0 Å². The van der Waals surface area contributed by atoms with Crippen LogP contribution in [0.4, 0.5) is 5.69 Å². The van der Waals surface area contributed by atoms with Crippen molar-refractivity contribution in [2.24, 2.45) is 0 Å². The number of hydrogen-bond donors (Lipinski definition) is 1. The number of amides is 1. The van der Waals surface area contributed by atoms with Crippen molar-refractivity contribution in [3.05, 3.63) is 59.2 Å². The molecular formula is C16H17NO3S. The van der Waals surface area contributed by atoms with Crippen LogP contribution in [0.3, 0.4) is 0 Å². The number of nitrogens with one attached hydrogen (secondary N) is 1. The molecule has 0 saturated carbocycles. The zero-order valence-corrected chi connectivity index (χ0v) is 13.0. The van der Waals surface area contributed by atoms with Crippen LogP contribution in [-0.2, 0) is 9.84 Å². The number of anilines is 1. The first-order valence-corrected chi connectivity index (χ1v) is 8.35. The molecule has 0 radical (unpaired) electrons. The highest BCUT2D eigenvalue weighted by atomic mass is 32.2. The van der Waals surface area contributed by atoms with Gasteiger partial charge in [-0.2, -0.15) is 0 Å². The highest BCUT2D eigenvalue weighted by Crippen LogP contribution is 2.18. The van der Waals surface area contributed by atoms with Gasteiger partial charge in [-0.05, 0) is 49.7 Å². The topological polar surface area (TPSA) is 63.2 Å². The lowest BCUT2D eigenvalue weighted by Crippen LogP contribution is -2.13. The summed E-state index contributed by atoms with van der Waals surface area (Å²) < 4.78 is 22.8. The van der Waals surface area contributed by atoms with E-state index in [-0.39, 0.29) is 10.8 Å². The van der Waals surface area contributed by atoms with E-state index in [4.69, 9.17) is 0 Å². The fourth-order valence-electron chi connectivity index (χ4n) is 2.00. The number of benzene rings is 2. The van der Waals surface area contributed by atoms with Gasteiger partial charge in [0.15, 0.2) is 9.84 Å². The third-order valence-corrected chi connectivity index (χ3v) is 4.30. The molecule has 2 aromatic rings. The number of carbonyl (C=O) groups is 1. The van der Waals surface area contributed by atoms with Crippen LogP contribution in [0.15, 0.2) is 47.4 Å². The fraction of sp³-hybridized carbons (Fsp3) is 0.188. The predicted octanol–water partition coefficient (Wildman–Crippen LogP) is 2.96. The zero-order chi connectivity index (χ0) is 15.6. The summed E-state index contributed by atoms with van der Waals surface area (Å²) in [5, 5.41) is 2.82. The van der Waals surface area contributed by atoms with E-state index in [0.29, 0.717) is 5.56 Å². The van der Waals surface area contributed by atoms with Crippen molar-refractivity contribution in [1.82, 2.24) is 0 Å². The molecule has 0 aliphatic carbocycles. The molecule has 5 heteroatoms. The van der Waals surface area contributed by atoms with Crippen molar-refractivity contribution in [3.63, 3.8) is 0 Å². The molecule has 2 rings (SSSR count). The van der Waals surface area contributed by atoms with E-state index < -0.39 is 9.84 Å². The molecule has 110 valence electrons. The van der Waals surface area contributed by atoms with Crippen molar-refractivity contribution in [1.29, 1.82) is 0 Å². The van der Waals surface area contributed by atoms with E-state index in [2.05, 4.69) is 5.32 Å². The molecule has 4 nitrogen and oxygen atoms in total. The predicted molar refractivity (Wildman–Crippen MR) is 83.4 cm³/mol. The SMILES string of the molecule is Cc1ccc(NC(=O)c2ccc(S(C)(=O)=O)cc2)c(C)c1. The summed E-state index contributed by atoms with van der Waals surface area (Å²) in [6.45, 7) is 3.91. The quantitative estimate of drug-likeness (QED) is 0.948. The monoisotopic (exact) mass is 303 g/mol. The van der Waals surface area contributed by atoms with E-state index in [1.54, 1.807) is 0 Å². The summed E-state index contributed by atoms with van der Waals surface area (Å²) in [5.41, 5.74) is 3.28. The lowest BCUT2D eigenvalue weighted by molar-refractivity contribution is 0.102. The molecule has 21 heavy (non-hydrogen) atoms.